The van der Waals surface area contributed by atoms with Gasteiger partial charge >= 0.3 is 0 Å². The lowest BCUT2D eigenvalue weighted by molar-refractivity contribution is -0.0146. The number of likely N-dealkylation sites (tertiary alicyclic amines) is 2. The van der Waals surface area contributed by atoms with Crippen molar-refractivity contribution in [2.75, 3.05) is 40.3 Å². The van der Waals surface area contributed by atoms with E-state index in [1.165, 1.54) is 0 Å². The van der Waals surface area contributed by atoms with Gasteiger partial charge in [0.05, 0.1) is 0 Å². The normalized spacial score (nSPS) is 37.9. The lowest BCUT2D eigenvalue weighted by Gasteiger charge is -2.47. The topological polar surface area (TPSA) is 6.48 Å². The van der Waals surface area contributed by atoms with Gasteiger partial charge in [0.15, 0.2) is 0 Å². The fourth-order valence-corrected chi connectivity index (χ4v) is 2.50. The molecule has 0 N–H and O–H groups in total. The molecule has 0 aliphatic carbocycles. The van der Waals surface area contributed by atoms with E-state index in [0.29, 0.717) is 6.54 Å². The van der Waals surface area contributed by atoms with Crippen LogP contribution in [0.2, 0.25) is 0 Å². The Labute approximate surface area is 67.0 Å². The van der Waals surface area contributed by atoms with Gasteiger partial charge < -0.3 is 9.80 Å². The molecular weight excluding hydrogens is 143 g/mol. The molecular formula is C8H15FN2. The molecule has 64 valence electrons. The predicted octanol–water partition coefficient (Wildman–Crippen LogP) is 0.202. The van der Waals surface area contributed by atoms with E-state index in [1.807, 2.05) is 7.05 Å². The summed E-state index contributed by atoms with van der Waals surface area (Å²) >= 11 is 0. The Morgan fingerprint density at radius 3 is 2.09 bits per heavy atom. The number of halogens is 1. The molecule has 2 nitrogen and oxygen atoms in total. The van der Waals surface area contributed by atoms with Crippen molar-refractivity contribution in [2.45, 2.75) is 6.17 Å². The Morgan fingerprint density at radius 2 is 1.73 bits per heavy atom. The second-order valence-corrected chi connectivity index (χ2v) is 4.20. The molecule has 1 atom stereocenters. The number of hydrogen-bond acceptors (Lipinski definition) is 2. The number of nitrogens with zero attached hydrogens (tertiary/aromatic N) is 2. The van der Waals surface area contributed by atoms with Gasteiger partial charge in [0, 0.05) is 31.6 Å². The Bertz CT molecular complexity index is 165. The van der Waals surface area contributed by atoms with E-state index < -0.39 is 6.17 Å². The van der Waals surface area contributed by atoms with Crippen molar-refractivity contribution in [1.82, 2.24) is 9.80 Å². The number of rotatable bonds is 0. The van der Waals surface area contributed by atoms with Crippen LogP contribution in [0.25, 0.3) is 0 Å². The third-order valence-electron chi connectivity index (χ3n) is 2.89. The van der Waals surface area contributed by atoms with Crippen molar-refractivity contribution in [2.24, 2.45) is 5.41 Å². The molecule has 0 aromatic carbocycles. The van der Waals surface area contributed by atoms with E-state index in [9.17, 15) is 4.39 Å². The SMILES string of the molecule is CN1C[C@H](F)C2(C1)CN(C)C2. The van der Waals surface area contributed by atoms with Crippen LogP contribution in [0.3, 0.4) is 0 Å². The van der Waals surface area contributed by atoms with Crippen LogP contribution in [0.1, 0.15) is 0 Å². The standard InChI is InChI=1S/C8H15FN2/c1-10-3-7(9)8(4-10)5-11(2)6-8/h7H,3-6H2,1-2H3/t7-/m0/s1. The number of hydrogen-bond donors (Lipinski definition) is 0. The van der Waals surface area contributed by atoms with Gasteiger partial charge in [0.25, 0.3) is 0 Å². The van der Waals surface area contributed by atoms with Gasteiger partial charge in [-0.3, -0.25) is 0 Å². The largest absolute Gasteiger partial charge is 0.305 e. The molecule has 2 aliphatic heterocycles. The van der Waals surface area contributed by atoms with Gasteiger partial charge in [-0.25, -0.2) is 4.39 Å². The lowest BCUT2D eigenvalue weighted by atomic mass is 9.78. The smallest absolute Gasteiger partial charge is 0.122 e. The van der Waals surface area contributed by atoms with E-state index in [2.05, 4.69) is 16.8 Å². The van der Waals surface area contributed by atoms with Gasteiger partial charge in [0.1, 0.15) is 6.17 Å². The van der Waals surface area contributed by atoms with E-state index in [0.717, 1.165) is 19.6 Å². The van der Waals surface area contributed by atoms with E-state index in [4.69, 9.17) is 0 Å². The first-order valence-corrected chi connectivity index (χ1v) is 4.14. The van der Waals surface area contributed by atoms with E-state index in [1.54, 1.807) is 0 Å². The molecule has 2 saturated heterocycles. The predicted molar refractivity (Wildman–Crippen MR) is 42.3 cm³/mol. The van der Waals surface area contributed by atoms with Crippen LogP contribution in [-0.4, -0.2) is 56.2 Å². The summed E-state index contributed by atoms with van der Waals surface area (Å²) in [6, 6.07) is 0. The molecule has 0 aromatic rings. The first-order valence-electron chi connectivity index (χ1n) is 4.14. The molecule has 2 heterocycles. The summed E-state index contributed by atoms with van der Waals surface area (Å²) in [5.41, 5.74) is 0.00347. The summed E-state index contributed by atoms with van der Waals surface area (Å²) in [6.45, 7) is 3.46. The van der Waals surface area contributed by atoms with Crippen molar-refractivity contribution in [1.29, 1.82) is 0 Å². The highest BCUT2D eigenvalue weighted by Gasteiger charge is 2.52. The lowest BCUT2D eigenvalue weighted by Crippen LogP contribution is -2.59. The van der Waals surface area contributed by atoms with Gasteiger partial charge in [0.2, 0.25) is 0 Å². The highest BCUT2D eigenvalue weighted by atomic mass is 19.1. The molecule has 1 spiro atoms. The van der Waals surface area contributed by atoms with E-state index >= 15 is 0 Å². The maximum absolute atomic E-state index is 13.4. The maximum atomic E-state index is 13.4. The van der Waals surface area contributed by atoms with Crippen LogP contribution in [-0.2, 0) is 0 Å². The van der Waals surface area contributed by atoms with Crippen LogP contribution in [0.5, 0.6) is 0 Å². The first kappa shape index (κ1) is 7.50. The van der Waals surface area contributed by atoms with Crippen molar-refractivity contribution in [3.05, 3.63) is 0 Å². The molecule has 11 heavy (non-hydrogen) atoms. The minimum Gasteiger partial charge on any atom is -0.305 e. The van der Waals surface area contributed by atoms with Crippen LogP contribution in [0, 0.1) is 5.41 Å². The van der Waals surface area contributed by atoms with Crippen molar-refractivity contribution in [3.63, 3.8) is 0 Å². The van der Waals surface area contributed by atoms with Gasteiger partial charge in [-0.15, -0.1) is 0 Å². The molecule has 0 saturated carbocycles. The molecule has 0 amide bonds. The second-order valence-electron chi connectivity index (χ2n) is 4.20. The third kappa shape index (κ3) is 0.983. The zero-order valence-corrected chi connectivity index (χ0v) is 7.18. The number of alkyl halides is 1. The molecule has 2 rings (SSSR count). The molecule has 3 heteroatoms. The molecule has 0 unspecified atom stereocenters. The molecule has 2 fully saturated rings. The maximum Gasteiger partial charge on any atom is 0.122 e. The van der Waals surface area contributed by atoms with Gasteiger partial charge in [-0.05, 0) is 14.1 Å². The third-order valence-corrected chi connectivity index (χ3v) is 2.89. The van der Waals surface area contributed by atoms with Crippen molar-refractivity contribution < 1.29 is 4.39 Å². The second kappa shape index (κ2) is 2.17. The van der Waals surface area contributed by atoms with Crippen LogP contribution < -0.4 is 0 Å². The van der Waals surface area contributed by atoms with Crippen LogP contribution in [0.15, 0.2) is 0 Å². The molecule has 0 aromatic heterocycles. The van der Waals surface area contributed by atoms with Gasteiger partial charge in [-0.1, -0.05) is 0 Å². The van der Waals surface area contributed by atoms with E-state index in [-0.39, 0.29) is 5.41 Å². The molecule has 2 aliphatic rings. The van der Waals surface area contributed by atoms with Crippen molar-refractivity contribution >= 4 is 0 Å². The Kier molecular flexibility index (Phi) is 1.48. The van der Waals surface area contributed by atoms with Crippen molar-refractivity contribution in [3.8, 4) is 0 Å². The zero-order valence-electron chi connectivity index (χ0n) is 7.18. The van der Waals surface area contributed by atoms with Gasteiger partial charge in [-0.2, -0.15) is 0 Å². The van der Waals surface area contributed by atoms with Crippen LogP contribution in [0.4, 0.5) is 4.39 Å². The summed E-state index contributed by atoms with van der Waals surface area (Å²) < 4.78 is 13.4. The average molecular weight is 158 g/mol. The summed E-state index contributed by atoms with van der Waals surface area (Å²) in [5, 5.41) is 0. The molecule has 0 bridgehead atoms. The summed E-state index contributed by atoms with van der Waals surface area (Å²) in [7, 11) is 4.05. The monoisotopic (exact) mass is 158 g/mol. The summed E-state index contributed by atoms with van der Waals surface area (Å²) in [5.74, 6) is 0. The average Bonchev–Trinajstić information content (AvgIpc) is 2.06. The Balaban J connectivity index is 2.04. The zero-order chi connectivity index (χ0) is 8.06. The van der Waals surface area contributed by atoms with Crippen LogP contribution >= 0.6 is 0 Å². The minimum absolute atomic E-state index is 0.00347. The quantitative estimate of drug-likeness (QED) is 0.497. The summed E-state index contributed by atoms with van der Waals surface area (Å²) in [4.78, 5) is 4.28. The summed E-state index contributed by atoms with van der Waals surface area (Å²) in [6.07, 6.45) is -0.594. The Hall–Kier alpha value is -0.150. The highest BCUT2D eigenvalue weighted by molar-refractivity contribution is 5.05. The fourth-order valence-electron chi connectivity index (χ4n) is 2.50. The fraction of sp³-hybridized carbons (Fsp3) is 1.00. The molecule has 0 radical (unpaired) electrons. The first-order chi connectivity index (χ1) is 5.12. The minimum atomic E-state index is -0.594. The Morgan fingerprint density at radius 1 is 1.18 bits per heavy atom. The highest BCUT2D eigenvalue weighted by Crippen LogP contribution is 2.39.